The fourth-order valence-electron chi connectivity index (χ4n) is 2.13. The lowest BCUT2D eigenvalue weighted by molar-refractivity contribution is 0.0974. The third-order valence-electron chi connectivity index (χ3n) is 3.29. The zero-order chi connectivity index (χ0) is 17.0. The molecule has 0 atom stereocenters. The van der Waals surface area contributed by atoms with Crippen molar-refractivity contribution in [3.05, 3.63) is 35.8 Å². The van der Waals surface area contributed by atoms with Gasteiger partial charge in [-0.1, -0.05) is 6.07 Å². The summed E-state index contributed by atoms with van der Waals surface area (Å²) in [6, 6.07) is 3.67. The van der Waals surface area contributed by atoms with E-state index < -0.39 is 21.2 Å². The molecule has 0 fully saturated rings. The smallest absolute Gasteiger partial charge is 0.284 e. The van der Waals surface area contributed by atoms with E-state index in [1.165, 1.54) is 20.4 Å². The molecular weight excluding hydrogens is 322 g/mol. The van der Waals surface area contributed by atoms with Gasteiger partial charge in [-0.2, -0.15) is 0 Å². The van der Waals surface area contributed by atoms with Crippen molar-refractivity contribution in [2.75, 3.05) is 27.4 Å². The molecular formula is C14H19N3O5S. The van der Waals surface area contributed by atoms with Crippen molar-refractivity contribution in [3.63, 3.8) is 0 Å². The van der Waals surface area contributed by atoms with Crippen LogP contribution in [-0.2, 0) is 19.5 Å². The highest BCUT2D eigenvalue weighted by Crippen LogP contribution is 2.11. The van der Waals surface area contributed by atoms with Crippen LogP contribution in [0.25, 0.3) is 5.65 Å². The number of hydrogen-bond donors (Lipinski definition) is 1. The number of hydrogen-bond acceptors (Lipinski definition) is 6. The summed E-state index contributed by atoms with van der Waals surface area (Å²) in [5.41, 5.74) is 1.50. The summed E-state index contributed by atoms with van der Waals surface area (Å²) in [6.07, 6.45) is 3.22. The summed E-state index contributed by atoms with van der Waals surface area (Å²) < 4.78 is 37.9. The van der Waals surface area contributed by atoms with E-state index in [0.717, 1.165) is 5.56 Å². The van der Waals surface area contributed by atoms with Crippen LogP contribution in [0.15, 0.2) is 24.5 Å². The maximum atomic E-state index is 12.2. The molecule has 2 aromatic heterocycles. The summed E-state index contributed by atoms with van der Waals surface area (Å²) in [5.74, 6) is -0.787. The van der Waals surface area contributed by atoms with Gasteiger partial charge in [0, 0.05) is 26.6 Å². The van der Waals surface area contributed by atoms with Crippen LogP contribution in [0.4, 0.5) is 0 Å². The van der Waals surface area contributed by atoms with Crippen molar-refractivity contribution in [2.24, 2.45) is 0 Å². The zero-order valence-electron chi connectivity index (χ0n) is 13.1. The minimum Gasteiger partial charge on any atom is -0.383 e. The second kappa shape index (κ2) is 7.07. The first-order valence-electron chi connectivity index (χ1n) is 6.87. The van der Waals surface area contributed by atoms with E-state index in [-0.39, 0.29) is 18.9 Å². The molecule has 0 radical (unpaired) electrons. The maximum Gasteiger partial charge on any atom is 0.284 e. The first-order chi connectivity index (χ1) is 10.9. The number of rotatable bonds is 7. The monoisotopic (exact) mass is 341 g/mol. The largest absolute Gasteiger partial charge is 0.383 e. The second-order valence-corrected chi connectivity index (χ2v) is 7.02. The van der Waals surface area contributed by atoms with E-state index in [4.69, 9.17) is 9.47 Å². The minimum atomic E-state index is -3.94. The van der Waals surface area contributed by atoms with Crippen LogP contribution in [0.2, 0.25) is 0 Å². The number of ether oxygens (including phenoxy) is 2. The highest BCUT2D eigenvalue weighted by molar-refractivity contribution is 7.90. The van der Waals surface area contributed by atoms with Crippen LogP contribution in [0.1, 0.15) is 16.1 Å². The molecule has 0 aromatic carbocycles. The average molecular weight is 341 g/mol. The van der Waals surface area contributed by atoms with Crippen LogP contribution in [0, 0.1) is 6.92 Å². The van der Waals surface area contributed by atoms with Crippen molar-refractivity contribution in [1.29, 1.82) is 0 Å². The Morgan fingerprint density at radius 2 is 2.00 bits per heavy atom. The lowest BCUT2D eigenvalue weighted by Crippen LogP contribution is -2.42. The molecule has 0 aliphatic rings. The van der Waals surface area contributed by atoms with Crippen molar-refractivity contribution in [3.8, 4) is 0 Å². The van der Waals surface area contributed by atoms with E-state index >= 15 is 0 Å². The summed E-state index contributed by atoms with van der Waals surface area (Å²) in [4.78, 5) is 16.4. The summed E-state index contributed by atoms with van der Waals surface area (Å²) in [6.45, 7) is 1.69. The number of pyridine rings is 1. The summed E-state index contributed by atoms with van der Waals surface area (Å²) in [7, 11) is -1.18. The molecule has 1 amide bonds. The van der Waals surface area contributed by atoms with E-state index in [0.29, 0.717) is 5.65 Å². The molecule has 0 bridgehead atoms. The van der Waals surface area contributed by atoms with Crippen LogP contribution in [0.5, 0.6) is 0 Å². The molecule has 126 valence electrons. The molecule has 0 unspecified atom stereocenters. The SMILES string of the molecule is COCC(COC)S(=O)(=O)NC(=O)c1cn2cccc(C)c2n1. The fourth-order valence-corrected chi connectivity index (χ4v) is 3.29. The van der Waals surface area contributed by atoms with Gasteiger partial charge in [0.1, 0.15) is 16.6 Å². The van der Waals surface area contributed by atoms with Crippen LogP contribution < -0.4 is 4.72 Å². The first-order valence-corrected chi connectivity index (χ1v) is 8.42. The fraction of sp³-hybridized carbons (Fsp3) is 0.429. The number of carbonyl (C=O) groups is 1. The van der Waals surface area contributed by atoms with Gasteiger partial charge in [0.2, 0.25) is 10.0 Å². The quantitative estimate of drug-likeness (QED) is 0.781. The number of nitrogens with one attached hydrogen (secondary N) is 1. The van der Waals surface area contributed by atoms with Gasteiger partial charge in [-0.3, -0.25) is 4.79 Å². The number of amides is 1. The third kappa shape index (κ3) is 3.87. The number of carbonyl (C=O) groups excluding carboxylic acids is 1. The Bertz CT molecular complexity index is 794. The van der Waals surface area contributed by atoms with Crippen molar-refractivity contribution < 1.29 is 22.7 Å². The highest BCUT2D eigenvalue weighted by Gasteiger charge is 2.28. The first kappa shape index (κ1) is 17.4. The standard InChI is InChI=1S/C14H19N3O5S/c1-10-5-4-6-17-7-12(15-13(10)17)14(18)16-23(19,20)11(8-21-2)9-22-3/h4-7,11H,8-9H2,1-3H3,(H,16,18). The second-order valence-electron chi connectivity index (χ2n) is 5.06. The highest BCUT2D eigenvalue weighted by atomic mass is 32.2. The van der Waals surface area contributed by atoms with Gasteiger partial charge in [-0.25, -0.2) is 18.1 Å². The van der Waals surface area contributed by atoms with Crippen LogP contribution >= 0.6 is 0 Å². The number of aryl methyl sites for hydroxylation is 1. The van der Waals surface area contributed by atoms with Crippen molar-refractivity contribution in [2.45, 2.75) is 12.2 Å². The van der Waals surface area contributed by atoms with Crippen molar-refractivity contribution >= 4 is 21.6 Å². The van der Waals surface area contributed by atoms with E-state index in [9.17, 15) is 13.2 Å². The topological polar surface area (TPSA) is 99.0 Å². The minimum absolute atomic E-state index is 0.0245. The van der Waals surface area contributed by atoms with Gasteiger partial charge in [-0.15, -0.1) is 0 Å². The predicted molar refractivity (Wildman–Crippen MR) is 83.9 cm³/mol. The number of methoxy groups -OCH3 is 2. The normalized spacial score (nSPS) is 12.0. The zero-order valence-corrected chi connectivity index (χ0v) is 14.0. The molecule has 2 aromatic rings. The van der Waals surface area contributed by atoms with Crippen molar-refractivity contribution in [1.82, 2.24) is 14.1 Å². The molecule has 23 heavy (non-hydrogen) atoms. The molecule has 0 saturated carbocycles. The molecule has 2 rings (SSSR count). The van der Waals surface area contributed by atoms with E-state index in [1.807, 2.05) is 23.8 Å². The van der Waals surface area contributed by atoms with Crippen LogP contribution in [-0.4, -0.2) is 56.4 Å². The van der Waals surface area contributed by atoms with Gasteiger partial charge in [-0.05, 0) is 18.6 Å². The summed E-state index contributed by atoms with van der Waals surface area (Å²) >= 11 is 0. The molecule has 2 heterocycles. The predicted octanol–water partition coefficient (Wildman–Crippen LogP) is 0.364. The Labute approximate surface area is 134 Å². The maximum absolute atomic E-state index is 12.2. The van der Waals surface area contributed by atoms with Gasteiger partial charge < -0.3 is 13.9 Å². The number of imidazole rings is 1. The molecule has 1 N–H and O–H groups in total. The number of aromatic nitrogens is 2. The lowest BCUT2D eigenvalue weighted by Gasteiger charge is -2.15. The summed E-state index contributed by atoms with van der Waals surface area (Å²) in [5, 5.41) is -0.986. The molecule has 0 spiro atoms. The van der Waals surface area contributed by atoms with Gasteiger partial charge in [0.25, 0.3) is 5.91 Å². The third-order valence-corrected chi connectivity index (χ3v) is 4.91. The molecule has 0 aliphatic heterocycles. The Hall–Kier alpha value is -1.97. The van der Waals surface area contributed by atoms with Crippen LogP contribution in [0.3, 0.4) is 0 Å². The molecule has 8 nitrogen and oxygen atoms in total. The molecule has 9 heteroatoms. The van der Waals surface area contributed by atoms with Gasteiger partial charge in [0.15, 0.2) is 0 Å². The molecule has 0 aliphatic carbocycles. The van der Waals surface area contributed by atoms with Gasteiger partial charge >= 0.3 is 0 Å². The Kier molecular flexibility index (Phi) is 5.34. The Morgan fingerprint density at radius 3 is 2.57 bits per heavy atom. The van der Waals surface area contributed by atoms with E-state index in [1.54, 1.807) is 10.6 Å². The van der Waals surface area contributed by atoms with E-state index in [2.05, 4.69) is 4.98 Å². The molecule has 0 saturated heterocycles. The average Bonchev–Trinajstić information content (AvgIpc) is 2.92. The Balaban J connectivity index is 2.23. The lowest BCUT2D eigenvalue weighted by atomic mass is 10.3. The number of nitrogens with zero attached hydrogens (tertiary/aromatic N) is 2. The van der Waals surface area contributed by atoms with Gasteiger partial charge in [0.05, 0.1) is 13.2 Å². The Morgan fingerprint density at radius 1 is 1.35 bits per heavy atom. The number of fused-ring (bicyclic) bond motifs is 1. The number of sulfonamides is 1.